The maximum atomic E-state index is 9.84. The molecule has 6 atom stereocenters. The van der Waals surface area contributed by atoms with Crippen LogP contribution in [0.1, 0.15) is 72.8 Å². The Kier molecular flexibility index (Phi) is 11.1. The lowest BCUT2D eigenvalue weighted by molar-refractivity contribution is -0.242. The molecule has 1 aromatic carbocycles. The molecule has 2 fully saturated rings. The maximum absolute atomic E-state index is 9.84. The first-order valence-electron chi connectivity index (χ1n) is 14.9. The quantitative estimate of drug-likeness (QED) is 0.223. The van der Waals surface area contributed by atoms with E-state index in [1.54, 1.807) is 0 Å². The summed E-state index contributed by atoms with van der Waals surface area (Å²) in [6.07, 6.45) is 2.54. The lowest BCUT2D eigenvalue weighted by Gasteiger charge is -2.52. The number of rotatable bonds is 11. The summed E-state index contributed by atoms with van der Waals surface area (Å²) in [4.78, 5) is 0. The van der Waals surface area contributed by atoms with Gasteiger partial charge in [-0.3, -0.25) is 0 Å². The second-order valence-corrected chi connectivity index (χ2v) is 24.1. The van der Waals surface area contributed by atoms with Crippen molar-refractivity contribution in [1.82, 2.24) is 0 Å². The van der Waals surface area contributed by atoms with E-state index in [0.29, 0.717) is 19.6 Å². The zero-order chi connectivity index (χ0) is 29.1. The summed E-state index contributed by atoms with van der Waals surface area (Å²) in [6, 6.07) is 10.3. The molecule has 2 heterocycles. The van der Waals surface area contributed by atoms with E-state index < -0.39 is 16.6 Å². The van der Waals surface area contributed by atoms with Gasteiger partial charge in [0.15, 0.2) is 16.6 Å². The summed E-state index contributed by atoms with van der Waals surface area (Å²) in [7, 11) is -4.04. The Hall–Kier alpha value is -0.586. The molecule has 1 aromatic rings. The highest BCUT2D eigenvalue weighted by Crippen LogP contribution is 2.44. The zero-order valence-corrected chi connectivity index (χ0v) is 28.3. The molecule has 2 saturated heterocycles. The molecule has 0 spiro atoms. The minimum absolute atomic E-state index is 0.0416. The van der Waals surface area contributed by atoms with E-state index in [2.05, 4.69) is 79.9 Å². The van der Waals surface area contributed by atoms with Crippen molar-refractivity contribution < 1.29 is 28.2 Å². The molecular weight excluding hydrogens is 525 g/mol. The second-order valence-electron chi connectivity index (χ2n) is 14.6. The highest BCUT2D eigenvalue weighted by molar-refractivity contribution is 6.74. The summed E-state index contributed by atoms with van der Waals surface area (Å²) >= 11 is 0. The van der Waals surface area contributed by atoms with Crippen molar-refractivity contribution in [2.24, 2.45) is 0 Å². The van der Waals surface area contributed by atoms with E-state index in [-0.39, 0.29) is 53.3 Å². The highest BCUT2D eigenvalue weighted by atomic mass is 28.4. The Balaban J connectivity index is 1.74. The van der Waals surface area contributed by atoms with Crippen molar-refractivity contribution in [3.63, 3.8) is 0 Å². The Labute approximate surface area is 240 Å². The van der Waals surface area contributed by atoms with Crippen LogP contribution in [-0.2, 0) is 29.7 Å². The third kappa shape index (κ3) is 8.71. The Morgan fingerprint density at radius 2 is 1.23 bits per heavy atom. The zero-order valence-electron chi connectivity index (χ0n) is 26.3. The highest BCUT2D eigenvalue weighted by Gasteiger charge is 2.50. The topological polar surface area (TPSA) is 66.4 Å². The summed E-state index contributed by atoms with van der Waals surface area (Å²) < 4.78 is 33.4. The fraction of sp³-hybridized carbons (Fsp3) is 0.806. The second kappa shape index (κ2) is 13.2. The first kappa shape index (κ1) is 32.9. The van der Waals surface area contributed by atoms with Crippen LogP contribution >= 0.6 is 0 Å². The molecule has 0 bridgehead atoms. The van der Waals surface area contributed by atoms with Crippen LogP contribution < -0.4 is 0 Å². The van der Waals surface area contributed by atoms with E-state index in [1.165, 1.54) is 5.56 Å². The molecule has 1 N–H and O–H groups in total. The number of ether oxygens (including phenoxy) is 3. The molecule has 8 heteroatoms. The summed E-state index contributed by atoms with van der Waals surface area (Å²) in [5.74, 6) is 0. The van der Waals surface area contributed by atoms with Crippen molar-refractivity contribution in [2.75, 3.05) is 13.2 Å². The van der Waals surface area contributed by atoms with Gasteiger partial charge in [-0.2, -0.15) is 0 Å². The van der Waals surface area contributed by atoms with Crippen LogP contribution in [-0.4, -0.2) is 71.6 Å². The lowest BCUT2D eigenvalue weighted by atomic mass is 9.89. The van der Waals surface area contributed by atoms with E-state index in [1.807, 2.05) is 18.2 Å². The van der Waals surface area contributed by atoms with Crippen molar-refractivity contribution in [3.05, 3.63) is 35.9 Å². The number of aliphatic hydroxyl groups excluding tert-OH is 1. The number of hydrogen-bond acceptors (Lipinski definition) is 6. The van der Waals surface area contributed by atoms with Gasteiger partial charge >= 0.3 is 0 Å². The largest absolute Gasteiger partial charge is 0.411 e. The number of aliphatic hydroxyl groups is 1. The van der Waals surface area contributed by atoms with Gasteiger partial charge in [0.2, 0.25) is 0 Å². The van der Waals surface area contributed by atoms with Gasteiger partial charge in [-0.15, -0.1) is 0 Å². The fourth-order valence-electron chi connectivity index (χ4n) is 4.93. The molecule has 0 aromatic heterocycles. The van der Waals surface area contributed by atoms with Crippen LogP contribution in [0.2, 0.25) is 36.3 Å². The minimum atomic E-state index is -2.02. The van der Waals surface area contributed by atoms with E-state index in [4.69, 9.17) is 23.1 Å². The molecule has 0 radical (unpaired) electrons. The van der Waals surface area contributed by atoms with Crippen molar-refractivity contribution in [3.8, 4) is 0 Å². The molecule has 224 valence electrons. The summed E-state index contributed by atoms with van der Waals surface area (Å²) in [6.45, 7) is 24.1. The van der Waals surface area contributed by atoms with Crippen LogP contribution in [0.3, 0.4) is 0 Å². The smallest absolute Gasteiger partial charge is 0.192 e. The van der Waals surface area contributed by atoms with Crippen LogP contribution in [0, 0.1) is 0 Å². The van der Waals surface area contributed by atoms with Gasteiger partial charge in [0, 0.05) is 26.1 Å². The molecule has 0 amide bonds. The predicted molar refractivity (Wildman–Crippen MR) is 163 cm³/mol. The van der Waals surface area contributed by atoms with Gasteiger partial charge in [0.1, 0.15) is 0 Å². The predicted octanol–water partition coefficient (Wildman–Crippen LogP) is 7.07. The van der Waals surface area contributed by atoms with Crippen molar-refractivity contribution >= 4 is 16.6 Å². The van der Waals surface area contributed by atoms with Gasteiger partial charge in [-0.25, -0.2) is 0 Å². The van der Waals surface area contributed by atoms with Crippen LogP contribution in [0.5, 0.6) is 0 Å². The normalized spacial score (nSPS) is 28.8. The SMILES string of the molecule is CC(C)(C)[Si](C)(C)O[C@@H]1C[C@H]2O[C@@H](CCOCc3ccccc3)[C@H](O[Si](C)(C)C(C)(C)C)C[C@H]2O[C@H]1CCO. The maximum Gasteiger partial charge on any atom is 0.192 e. The first-order chi connectivity index (χ1) is 18.0. The number of benzene rings is 1. The first-order valence-corrected chi connectivity index (χ1v) is 20.7. The Morgan fingerprint density at radius 1 is 0.769 bits per heavy atom. The molecule has 2 aliphatic heterocycles. The molecule has 0 aliphatic carbocycles. The van der Waals surface area contributed by atoms with Crippen molar-refractivity contribution in [2.45, 2.75) is 147 Å². The average Bonchev–Trinajstić information content (AvgIpc) is 2.81. The average molecular weight is 581 g/mol. The van der Waals surface area contributed by atoms with E-state index in [0.717, 1.165) is 19.3 Å². The molecule has 3 rings (SSSR count). The van der Waals surface area contributed by atoms with E-state index in [9.17, 15) is 5.11 Å². The minimum Gasteiger partial charge on any atom is -0.411 e. The van der Waals surface area contributed by atoms with Gasteiger partial charge in [0.25, 0.3) is 0 Å². The fourth-order valence-corrected chi connectivity index (χ4v) is 7.65. The van der Waals surface area contributed by atoms with Gasteiger partial charge < -0.3 is 28.2 Å². The standard InChI is InChI=1S/C31H56O6Si2/c1-30(2,3)38(7,8)36-28-20-27-26(34-24(28)16-18-32)21-29(37-39(9,10)31(4,5)6)25(35-27)17-19-33-22-23-14-12-11-13-15-23/h11-15,24-29,32H,16-22H2,1-10H3/t24-,25-,26+,27+,28+,29+/m0/s1. The Morgan fingerprint density at radius 3 is 1.67 bits per heavy atom. The molecule has 0 saturated carbocycles. The molecule has 6 nitrogen and oxygen atoms in total. The summed E-state index contributed by atoms with van der Waals surface area (Å²) in [5.41, 5.74) is 1.18. The monoisotopic (exact) mass is 580 g/mol. The van der Waals surface area contributed by atoms with Crippen LogP contribution in [0.15, 0.2) is 30.3 Å². The summed E-state index contributed by atoms with van der Waals surface area (Å²) in [5, 5.41) is 10.0. The van der Waals surface area contributed by atoms with Crippen LogP contribution in [0.4, 0.5) is 0 Å². The number of hydrogen-bond donors (Lipinski definition) is 1. The third-order valence-corrected chi connectivity index (χ3v) is 18.5. The lowest BCUT2D eigenvalue weighted by Crippen LogP contribution is -2.60. The Bertz CT molecular complexity index is 879. The number of fused-ring (bicyclic) bond motifs is 1. The van der Waals surface area contributed by atoms with E-state index >= 15 is 0 Å². The van der Waals surface area contributed by atoms with Crippen molar-refractivity contribution in [1.29, 1.82) is 0 Å². The van der Waals surface area contributed by atoms with Crippen LogP contribution in [0.25, 0.3) is 0 Å². The van der Waals surface area contributed by atoms with Gasteiger partial charge in [0.05, 0.1) is 43.2 Å². The molecular formula is C31H56O6Si2. The molecule has 2 aliphatic rings. The van der Waals surface area contributed by atoms with Gasteiger partial charge in [-0.05, 0) is 54.7 Å². The third-order valence-electron chi connectivity index (χ3n) is 9.45. The van der Waals surface area contributed by atoms with Gasteiger partial charge in [-0.1, -0.05) is 71.9 Å². The molecule has 39 heavy (non-hydrogen) atoms. The molecule has 0 unspecified atom stereocenters.